The minimum atomic E-state index is -0.843. The van der Waals surface area contributed by atoms with Gasteiger partial charge in [-0.05, 0) is 52.7 Å². The van der Waals surface area contributed by atoms with Crippen molar-refractivity contribution >= 4 is 33.7 Å². The first kappa shape index (κ1) is 22.6. The van der Waals surface area contributed by atoms with Crippen LogP contribution in [-0.4, -0.2) is 49.8 Å². The Labute approximate surface area is 188 Å². The lowest BCUT2D eigenvalue weighted by atomic mass is 10.2. The third kappa shape index (κ3) is 5.53. The monoisotopic (exact) mass is 497 g/mol. The van der Waals surface area contributed by atoms with E-state index in [0.717, 1.165) is 10.0 Å². The summed E-state index contributed by atoms with van der Waals surface area (Å²) in [6.07, 6.45) is 0. The molecule has 0 aliphatic carbocycles. The summed E-state index contributed by atoms with van der Waals surface area (Å²) in [5.41, 5.74) is 0.927. The van der Waals surface area contributed by atoms with Crippen LogP contribution in [0.25, 0.3) is 0 Å². The maximum atomic E-state index is 11.2. The second-order valence-electron chi connectivity index (χ2n) is 6.38. The Bertz CT molecular complexity index is 881. The molecule has 2 aromatic rings. The maximum absolute atomic E-state index is 11.2. The van der Waals surface area contributed by atoms with Crippen molar-refractivity contribution in [3.05, 3.63) is 46.4 Å². The van der Waals surface area contributed by atoms with Gasteiger partial charge in [-0.15, -0.1) is 11.8 Å². The molecule has 162 valence electrons. The highest BCUT2D eigenvalue weighted by molar-refractivity contribution is 9.10. The third-order valence-corrected chi connectivity index (χ3v) is 6.23. The molecular weight excluding hydrogens is 474 g/mol. The summed E-state index contributed by atoms with van der Waals surface area (Å²) < 4.78 is 23.5. The van der Waals surface area contributed by atoms with Crippen LogP contribution >= 0.6 is 27.7 Å². The summed E-state index contributed by atoms with van der Waals surface area (Å²) in [5.74, 6) is 2.17. The van der Waals surface area contributed by atoms with Gasteiger partial charge in [0.2, 0.25) is 0 Å². The first-order valence-electron chi connectivity index (χ1n) is 9.48. The topological polar surface area (TPSA) is 86.3 Å². The van der Waals surface area contributed by atoms with Gasteiger partial charge in [0.1, 0.15) is 19.3 Å². The number of rotatable bonds is 10. The van der Waals surface area contributed by atoms with Crippen molar-refractivity contribution in [1.82, 2.24) is 5.32 Å². The van der Waals surface area contributed by atoms with Crippen LogP contribution < -0.4 is 24.3 Å². The Balaban J connectivity index is 1.66. The van der Waals surface area contributed by atoms with Gasteiger partial charge in [-0.2, -0.15) is 0 Å². The molecule has 2 aromatic carbocycles. The molecular formula is C21H24BrNO6S. The summed E-state index contributed by atoms with van der Waals surface area (Å²) in [7, 11) is 1.60. The number of hydrogen-bond acceptors (Lipinski definition) is 7. The number of carbonyl (C=O) groups is 1. The first-order chi connectivity index (χ1) is 14.5. The Morgan fingerprint density at radius 1 is 1.17 bits per heavy atom. The number of para-hydroxylation sites is 2. The smallest absolute Gasteiger partial charge is 0.321 e. The van der Waals surface area contributed by atoms with E-state index in [2.05, 4.69) is 21.2 Å². The summed E-state index contributed by atoms with van der Waals surface area (Å²) in [6, 6.07) is 10.7. The summed E-state index contributed by atoms with van der Waals surface area (Å²) in [5, 5.41) is 12.2. The van der Waals surface area contributed by atoms with E-state index in [0.29, 0.717) is 48.6 Å². The van der Waals surface area contributed by atoms with E-state index >= 15 is 0 Å². The molecule has 0 amide bonds. The standard InChI is InChI=1S/C21H24BrNO6S/c1-3-27-18-11-13(20-23-15(12-30-20)21(24)25)10-14(22)19(18)29-9-8-28-17-7-5-4-6-16(17)26-2/h4-7,10-11,15,20,23H,3,8-9,12H2,1-2H3,(H,24,25). The van der Waals surface area contributed by atoms with Crippen LogP contribution in [0.5, 0.6) is 23.0 Å². The SMILES string of the molecule is CCOc1cc(C2NC(C(=O)O)CS2)cc(Br)c1OCCOc1ccccc1OC. The van der Waals surface area contributed by atoms with Gasteiger partial charge in [0.15, 0.2) is 23.0 Å². The number of halogens is 1. The normalized spacial score (nSPS) is 18.1. The van der Waals surface area contributed by atoms with Gasteiger partial charge in [-0.25, -0.2) is 0 Å². The van der Waals surface area contributed by atoms with Crippen molar-refractivity contribution in [2.24, 2.45) is 0 Å². The number of thioether (sulfide) groups is 1. The number of carboxylic acids is 1. The van der Waals surface area contributed by atoms with E-state index in [1.165, 1.54) is 0 Å². The summed E-state index contributed by atoms with van der Waals surface area (Å²) >= 11 is 5.11. The molecule has 0 aromatic heterocycles. The van der Waals surface area contributed by atoms with Gasteiger partial charge in [0, 0.05) is 5.75 Å². The van der Waals surface area contributed by atoms with Gasteiger partial charge >= 0.3 is 5.97 Å². The molecule has 30 heavy (non-hydrogen) atoms. The quantitative estimate of drug-likeness (QED) is 0.474. The van der Waals surface area contributed by atoms with Crippen LogP contribution in [0.3, 0.4) is 0 Å². The van der Waals surface area contributed by atoms with Crippen LogP contribution in [0.1, 0.15) is 17.9 Å². The fraction of sp³-hybridized carbons (Fsp3) is 0.381. The van der Waals surface area contributed by atoms with E-state index in [1.54, 1.807) is 18.9 Å². The van der Waals surface area contributed by atoms with Crippen LogP contribution in [0.15, 0.2) is 40.9 Å². The van der Waals surface area contributed by atoms with Crippen LogP contribution in [-0.2, 0) is 4.79 Å². The molecule has 2 atom stereocenters. The molecule has 1 fully saturated rings. The van der Waals surface area contributed by atoms with Gasteiger partial charge < -0.3 is 24.1 Å². The minimum absolute atomic E-state index is 0.121. The molecule has 0 spiro atoms. The first-order valence-corrected chi connectivity index (χ1v) is 11.3. The third-order valence-electron chi connectivity index (χ3n) is 4.37. The molecule has 0 radical (unpaired) electrons. The van der Waals surface area contributed by atoms with Crippen molar-refractivity contribution in [3.8, 4) is 23.0 Å². The fourth-order valence-corrected chi connectivity index (χ4v) is 4.77. The van der Waals surface area contributed by atoms with E-state index < -0.39 is 12.0 Å². The molecule has 0 bridgehead atoms. The van der Waals surface area contributed by atoms with E-state index in [1.807, 2.05) is 43.3 Å². The predicted octanol–water partition coefficient (Wildman–Crippen LogP) is 4.10. The zero-order valence-corrected chi connectivity index (χ0v) is 19.1. The maximum Gasteiger partial charge on any atom is 0.321 e. The lowest BCUT2D eigenvalue weighted by Crippen LogP contribution is -2.33. The molecule has 2 N–H and O–H groups in total. The molecule has 9 heteroatoms. The van der Waals surface area contributed by atoms with E-state index in [9.17, 15) is 9.90 Å². The second kappa shape index (κ2) is 10.8. The average Bonchev–Trinajstić information content (AvgIpc) is 3.23. The number of hydrogen-bond donors (Lipinski definition) is 2. The molecule has 7 nitrogen and oxygen atoms in total. The number of nitrogens with one attached hydrogen (secondary N) is 1. The highest BCUT2D eigenvalue weighted by Gasteiger charge is 2.31. The van der Waals surface area contributed by atoms with E-state index in [-0.39, 0.29) is 5.37 Å². The van der Waals surface area contributed by atoms with Crippen LogP contribution in [0.4, 0.5) is 0 Å². The molecule has 1 heterocycles. The van der Waals surface area contributed by atoms with Crippen molar-refractivity contribution in [2.45, 2.75) is 18.3 Å². The molecule has 1 aliphatic rings. The Hall–Kier alpha value is -2.10. The van der Waals surface area contributed by atoms with Crippen LogP contribution in [0, 0.1) is 0 Å². The van der Waals surface area contributed by atoms with Gasteiger partial charge in [-0.3, -0.25) is 10.1 Å². The largest absolute Gasteiger partial charge is 0.493 e. The zero-order valence-electron chi connectivity index (χ0n) is 16.7. The van der Waals surface area contributed by atoms with Crippen molar-refractivity contribution in [1.29, 1.82) is 0 Å². The second-order valence-corrected chi connectivity index (χ2v) is 8.37. The van der Waals surface area contributed by atoms with Gasteiger partial charge in [0.25, 0.3) is 0 Å². The highest BCUT2D eigenvalue weighted by Crippen LogP contribution is 2.42. The molecule has 2 unspecified atom stereocenters. The Morgan fingerprint density at radius 3 is 2.57 bits per heavy atom. The average molecular weight is 498 g/mol. The number of carboxylic acid groups (broad SMARTS) is 1. The zero-order chi connectivity index (χ0) is 21.5. The minimum Gasteiger partial charge on any atom is -0.493 e. The number of methoxy groups -OCH3 is 1. The number of benzene rings is 2. The molecule has 1 aliphatic heterocycles. The molecule has 0 saturated carbocycles. The lowest BCUT2D eigenvalue weighted by molar-refractivity contribution is -0.138. The van der Waals surface area contributed by atoms with Crippen molar-refractivity contribution in [2.75, 3.05) is 32.7 Å². The Morgan fingerprint density at radius 2 is 1.90 bits per heavy atom. The lowest BCUT2D eigenvalue weighted by Gasteiger charge is -2.18. The van der Waals surface area contributed by atoms with Gasteiger partial charge in [-0.1, -0.05) is 12.1 Å². The summed E-state index contributed by atoms with van der Waals surface area (Å²) in [4.78, 5) is 11.2. The summed E-state index contributed by atoms with van der Waals surface area (Å²) in [6.45, 7) is 3.03. The molecule has 1 saturated heterocycles. The fourth-order valence-electron chi connectivity index (χ4n) is 2.98. The highest BCUT2D eigenvalue weighted by atomic mass is 79.9. The Kier molecular flexibility index (Phi) is 8.12. The van der Waals surface area contributed by atoms with Crippen molar-refractivity contribution < 1.29 is 28.8 Å². The predicted molar refractivity (Wildman–Crippen MR) is 119 cm³/mol. The number of ether oxygens (including phenoxy) is 4. The van der Waals surface area contributed by atoms with Crippen molar-refractivity contribution in [3.63, 3.8) is 0 Å². The number of aliphatic carboxylic acids is 1. The van der Waals surface area contributed by atoms with Gasteiger partial charge in [0.05, 0.1) is 23.6 Å². The van der Waals surface area contributed by atoms with E-state index in [4.69, 9.17) is 18.9 Å². The molecule has 3 rings (SSSR count). The van der Waals surface area contributed by atoms with Crippen LogP contribution in [0.2, 0.25) is 0 Å².